The second-order valence-electron chi connectivity index (χ2n) is 5.74. The molecule has 1 aromatic heterocycles. The van der Waals surface area contributed by atoms with Crippen LogP contribution < -0.4 is 5.32 Å². The number of fused-ring (bicyclic) bond motifs is 1. The zero-order valence-electron chi connectivity index (χ0n) is 10.6. The first-order valence-electron chi connectivity index (χ1n) is 6.19. The molecule has 1 atom stereocenters. The molecule has 1 aromatic carbocycles. The monoisotopic (exact) mass is 226 g/mol. The average Bonchev–Trinajstić information content (AvgIpc) is 2.87. The molecule has 0 radical (unpaired) electrons. The number of rotatable bonds is 2. The standard InChI is InChI=1S/C15H18N2/c1-10-8-11-6-4-5-7-12(11)16-14(10)17-13-9-15(13,2)3/h4-8,13H,9H2,1-3H3,(H,16,17). The molecule has 3 rings (SSSR count). The summed E-state index contributed by atoms with van der Waals surface area (Å²) < 4.78 is 0. The number of pyridine rings is 1. The third-order valence-electron chi connectivity index (χ3n) is 3.74. The fraction of sp³-hybridized carbons (Fsp3) is 0.400. The quantitative estimate of drug-likeness (QED) is 0.843. The van der Waals surface area contributed by atoms with Gasteiger partial charge in [-0.15, -0.1) is 0 Å². The molecule has 2 aromatic rings. The van der Waals surface area contributed by atoms with Gasteiger partial charge in [0.1, 0.15) is 5.82 Å². The average molecular weight is 226 g/mol. The molecule has 0 bridgehead atoms. The second-order valence-corrected chi connectivity index (χ2v) is 5.74. The van der Waals surface area contributed by atoms with Crippen LogP contribution in [0, 0.1) is 12.3 Å². The van der Waals surface area contributed by atoms with E-state index in [4.69, 9.17) is 4.98 Å². The number of aryl methyl sites for hydroxylation is 1. The summed E-state index contributed by atoms with van der Waals surface area (Å²) in [5, 5.41) is 4.77. The molecule has 17 heavy (non-hydrogen) atoms. The Morgan fingerprint density at radius 2 is 2.00 bits per heavy atom. The highest BCUT2D eigenvalue weighted by atomic mass is 15.1. The molecule has 1 aliphatic carbocycles. The number of benzene rings is 1. The van der Waals surface area contributed by atoms with Gasteiger partial charge in [0.2, 0.25) is 0 Å². The van der Waals surface area contributed by atoms with Gasteiger partial charge in [-0.05, 0) is 36.5 Å². The second kappa shape index (κ2) is 3.46. The van der Waals surface area contributed by atoms with Gasteiger partial charge in [0.15, 0.2) is 0 Å². The van der Waals surface area contributed by atoms with Crippen molar-refractivity contribution in [3.05, 3.63) is 35.9 Å². The van der Waals surface area contributed by atoms with Gasteiger partial charge in [-0.3, -0.25) is 0 Å². The number of para-hydroxylation sites is 1. The van der Waals surface area contributed by atoms with E-state index in [9.17, 15) is 0 Å². The van der Waals surface area contributed by atoms with Crippen LogP contribution in [-0.4, -0.2) is 11.0 Å². The van der Waals surface area contributed by atoms with Gasteiger partial charge < -0.3 is 5.32 Å². The lowest BCUT2D eigenvalue weighted by Gasteiger charge is -2.11. The molecular formula is C15H18N2. The van der Waals surface area contributed by atoms with E-state index in [-0.39, 0.29) is 0 Å². The summed E-state index contributed by atoms with van der Waals surface area (Å²) in [6.45, 7) is 6.71. The Balaban J connectivity index is 1.96. The van der Waals surface area contributed by atoms with Gasteiger partial charge in [0.05, 0.1) is 5.52 Å². The van der Waals surface area contributed by atoms with Crippen LogP contribution in [0.15, 0.2) is 30.3 Å². The van der Waals surface area contributed by atoms with Crippen LogP contribution in [0.25, 0.3) is 10.9 Å². The SMILES string of the molecule is Cc1cc2ccccc2nc1NC1CC1(C)C. The molecule has 2 heteroatoms. The molecule has 0 aliphatic heterocycles. The van der Waals surface area contributed by atoms with E-state index in [1.807, 2.05) is 6.07 Å². The number of hydrogen-bond donors (Lipinski definition) is 1. The van der Waals surface area contributed by atoms with Crippen molar-refractivity contribution in [2.45, 2.75) is 33.2 Å². The van der Waals surface area contributed by atoms with Crippen LogP contribution in [-0.2, 0) is 0 Å². The van der Waals surface area contributed by atoms with Crippen molar-refractivity contribution in [1.29, 1.82) is 0 Å². The lowest BCUT2D eigenvalue weighted by molar-refractivity contribution is 0.630. The van der Waals surface area contributed by atoms with Gasteiger partial charge in [0, 0.05) is 11.4 Å². The smallest absolute Gasteiger partial charge is 0.129 e. The molecule has 0 saturated heterocycles. The van der Waals surface area contributed by atoms with Crippen molar-refractivity contribution in [2.75, 3.05) is 5.32 Å². The molecule has 0 spiro atoms. The van der Waals surface area contributed by atoms with E-state index >= 15 is 0 Å². The molecule has 1 N–H and O–H groups in total. The van der Waals surface area contributed by atoms with E-state index in [0.717, 1.165) is 11.3 Å². The lowest BCUT2D eigenvalue weighted by atomic mass is 10.1. The summed E-state index contributed by atoms with van der Waals surface area (Å²) in [7, 11) is 0. The Morgan fingerprint density at radius 3 is 2.71 bits per heavy atom. The van der Waals surface area contributed by atoms with Gasteiger partial charge in [0.25, 0.3) is 0 Å². The van der Waals surface area contributed by atoms with Gasteiger partial charge in [-0.25, -0.2) is 4.98 Å². The zero-order valence-corrected chi connectivity index (χ0v) is 10.6. The van der Waals surface area contributed by atoms with Crippen LogP contribution in [0.2, 0.25) is 0 Å². The van der Waals surface area contributed by atoms with Crippen LogP contribution in [0.1, 0.15) is 25.8 Å². The van der Waals surface area contributed by atoms with Crippen molar-refractivity contribution >= 4 is 16.7 Å². The van der Waals surface area contributed by atoms with Crippen LogP contribution in [0.5, 0.6) is 0 Å². The lowest BCUT2D eigenvalue weighted by Crippen LogP contribution is -2.10. The Labute approximate surface area is 102 Å². The molecule has 0 amide bonds. The maximum Gasteiger partial charge on any atom is 0.129 e. The minimum absolute atomic E-state index is 0.430. The molecule has 1 aliphatic rings. The van der Waals surface area contributed by atoms with Gasteiger partial charge in [-0.1, -0.05) is 32.0 Å². The minimum atomic E-state index is 0.430. The number of hydrogen-bond acceptors (Lipinski definition) is 2. The van der Waals surface area contributed by atoms with Crippen LogP contribution >= 0.6 is 0 Å². The van der Waals surface area contributed by atoms with Crippen molar-refractivity contribution in [1.82, 2.24) is 4.98 Å². The predicted octanol–water partition coefficient (Wildman–Crippen LogP) is 3.75. The highest BCUT2D eigenvalue weighted by Crippen LogP contribution is 2.46. The van der Waals surface area contributed by atoms with Crippen molar-refractivity contribution in [3.8, 4) is 0 Å². The molecule has 2 nitrogen and oxygen atoms in total. The highest BCUT2D eigenvalue weighted by Gasteiger charge is 2.45. The summed E-state index contributed by atoms with van der Waals surface area (Å²) in [5.74, 6) is 1.04. The summed E-state index contributed by atoms with van der Waals surface area (Å²) in [5.41, 5.74) is 2.73. The maximum absolute atomic E-state index is 4.71. The largest absolute Gasteiger partial charge is 0.367 e. The first-order valence-corrected chi connectivity index (χ1v) is 6.19. The fourth-order valence-electron chi connectivity index (χ4n) is 2.25. The minimum Gasteiger partial charge on any atom is -0.367 e. The van der Waals surface area contributed by atoms with E-state index in [0.29, 0.717) is 11.5 Å². The third kappa shape index (κ3) is 1.88. The molecule has 1 saturated carbocycles. The van der Waals surface area contributed by atoms with Gasteiger partial charge >= 0.3 is 0 Å². The maximum atomic E-state index is 4.71. The topological polar surface area (TPSA) is 24.9 Å². The molecule has 1 unspecified atom stereocenters. The normalized spacial score (nSPS) is 21.5. The van der Waals surface area contributed by atoms with Crippen molar-refractivity contribution in [2.24, 2.45) is 5.41 Å². The molecular weight excluding hydrogens is 208 g/mol. The first kappa shape index (κ1) is 10.6. The fourth-order valence-corrected chi connectivity index (χ4v) is 2.25. The van der Waals surface area contributed by atoms with Crippen molar-refractivity contribution < 1.29 is 0 Å². The van der Waals surface area contributed by atoms with E-state index in [2.05, 4.69) is 50.4 Å². The zero-order chi connectivity index (χ0) is 12.0. The molecule has 1 fully saturated rings. The number of aromatic nitrogens is 1. The number of anilines is 1. The number of nitrogens with zero attached hydrogens (tertiary/aromatic N) is 1. The Hall–Kier alpha value is -1.57. The molecule has 88 valence electrons. The van der Waals surface area contributed by atoms with Crippen LogP contribution in [0.3, 0.4) is 0 Å². The van der Waals surface area contributed by atoms with Gasteiger partial charge in [-0.2, -0.15) is 0 Å². The molecule has 1 heterocycles. The van der Waals surface area contributed by atoms with Crippen LogP contribution in [0.4, 0.5) is 5.82 Å². The summed E-state index contributed by atoms with van der Waals surface area (Å²) in [4.78, 5) is 4.71. The number of nitrogens with one attached hydrogen (secondary N) is 1. The summed E-state index contributed by atoms with van der Waals surface area (Å²) >= 11 is 0. The Kier molecular flexibility index (Phi) is 2.15. The van der Waals surface area contributed by atoms with Crippen molar-refractivity contribution in [3.63, 3.8) is 0 Å². The van der Waals surface area contributed by atoms with E-state index < -0.39 is 0 Å². The summed E-state index contributed by atoms with van der Waals surface area (Å²) in [6.07, 6.45) is 1.24. The third-order valence-corrected chi connectivity index (χ3v) is 3.74. The van der Waals surface area contributed by atoms with E-state index in [1.165, 1.54) is 17.4 Å². The highest BCUT2D eigenvalue weighted by molar-refractivity contribution is 5.81. The first-order chi connectivity index (χ1) is 8.06. The Morgan fingerprint density at radius 1 is 1.29 bits per heavy atom. The predicted molar refractivity (Wildman–Crippen MR) is 72.3 cm³/mol. The summed E-state index contributed by atoms with van der Waals surface area (Å²) in [6, 6.07) is 11.1. The Bertz CT molecular complexity index is 572. The van der Waals surface area contributed by atoms with E-state index in [1.54, 1.807) is 0 Å².